The maximum absolute atomic E-state index is 14.1. The van der Waals surface area contributed by atoms with Crippen molar-refractivity contribution < 1.29 is 18.8 Å². The number of hydrogen-bond donors (Lipinski definition) is 0. The quantitative estimate of drug-likeness (QED) is 0.622. The molecular formula is C26H25ClFN3O3. The van der Waals surface area contributed by atoms with Gasteiger partial charge in [-0.1, -0.05) is 23.7 Å². The number of hydrogen-bond acceptors (Lipinski definition) is 4. The molecule has 0 unspecified atom stereocenters. The molecule has 2 saturated carbocycles. The number of amides is 3. The van der Waals surface area contributed by atoms with E-state index in [-0.39, 0.29) is 46.0 Å². The van der Waals surface area contributed by atoms with Crippen LogP contribution >= 0.6 is 11.6 Å². The van der Waals surface area contributed by atoms with Crippen LogP contribution in [0.4, 0.5) is 15.8 Å². The van der Waals surface area contributed by atoms with Gasteiger partial charge in [-0.25, -0.2) is 4.39 Å². The van der Waals surface area contributed by atoms with Crippen LogP contribution in [0.25, 0.3) is 0 Å². The van der Waals surface area contributed by atoms with Gasteiger partial charge in [0.25, 0.3) is 5.91 Å². The minimum atomic E-state index is -0.281. The number of carbonyl (C=O) groups is 3. The van der Waals surface area contributed by atoms with Gasteiger partial charge in [0.05, 0.1) is 33.8 Å². The van der Waals surface area contributed by atoms with Crippen LogP contribution in [0.3, 0.4) is 0 Å². The Balaban J connectivity index is 1.21. The highest BCUT2D eigenvalue weighted by atomic mass is 35.5. The summed E-state index contributed by atoms with van der Waals surface area (Å²) in [6.07, 6.45) is 3.01. The fourth-order valence-electron chi connectivity index (χ4n) is 6.51. The van der Waals surface area contributed by atoms with E-state index in [1.54, 1.807) is 41.3 Å². The fourth-order valence-corrected chi connectivity index (χ4v) is 6.71. The van der Waals surface area contributed by atoms with Gasteiger partial charge in [-0.2, -0.15) is 0 Å². The predicted octanol–water partition coefficient (Wildman–Crippen LogP) is 3.98. The smallest absolute Gasteiger partial charge is 0.255 e. The van der Waals surface area contributed by atoms with Crippen molar-refractivity contribution in [1.29, 1.82) is 0 Å². The molecule has 0 N–H and O–H groups in total. The van der Waals surface area contributed by atoms with Crippen LogP contribution in [0.15, 0.2) is 42.5 Å². The molecule has 6 rings (SSSR count). The standard InChI is InChI=1S/C26H25ClFN3O3/c27-19-8-7-17(31-25(33)22-15-5-6-16(13-15)23(22)26(31)34)14-18(19)24(32)30-11-9-29(10-12-30)21-4-2-1-3-20(21)28/h1-4,7-8,14-16,22-23H,5-6,9-13H2/t15-,16-,22-,23-/m0/s1. The van der Waals surface area contributed by atoms with Crippen molar-refractivity contribution in [2.45, 2.75) is 19.3 Å². The summed E-state index contributed by atoms with van der Waals surface area (Å²) < 4.78 is 14.1. The van der Waals surface area contributed by atoms with Gasteiger partial charge in [-0.3, -0.25) is 19.3 Å². The number of halogens is 2. The summed E-state index contributed by atoms with van der Waals surface area (Å²) >= 11 is 6.39. The van der Waals surface area contributed by atoms with Gasteiger partial charge in [0.15, 0.2) is 0 Å². The highest BCUT2D eigenvalue weighted by Gasteiger charge is 2.61. The average molecular weight is 482 g/mol. The van der Waals surface area contributed by atoms with Crippen molar-refractivity contribution in [2.24, 2.45) is 23.7 Å². The van der Waals surface area contributed by atoms with E-state index in [0.29, 0.717) is 49.4 Å². The van der Waals surface area contributed by atoms with Gasteiger partial charge < -0.3 is 9.80 Å². The molecule has 4 aliphatic rings. The maximum atomic E-state index is 14.1. The Bertz CT molecular complexity index is 1170. The minimum Gasteiger partial charge on any atom is -0.366 e. The SMILES string of the molecule is O=C(c1cc(N2C(=O)[C@H]3[C@H]4CC[C@@H](C4)[C@@H]3C2=O)ccc1Cl)N1CCN(c2ccccc2F)CC1. The molecule has 176 valence electrons. The summed E-state index contributed by atoms with van der Waals surface area (Å²) in [7, 11) is 0. The van der Waals surface area contributed by atoms with Crippen molar-refractivity contribution in [3.63, 3.8) is 0 Å². The van der Waals surface area contributed by atoms with Crippen LogP contribution < -0.4 is 9.80 Å². The van der Waals surface area contributed by atoms with Gasteiger partial charge in [-0.15, -0.1) is 0 Å². The Morgan fingerprint density at radius 2 is 1.56 bits per heavy atom. The molecule has 0 radical (unpaired) electrons. The van der Waals surface area contributed by atoms with E-state index >= 15 is 0 Å². The molecule has 34 heavy (non-hydrogen) atoms. The van der Waals surface area contributed by atoms with E-state index < -0.39 is 0 Å². The third-order valence-corrected chi connectivity index (χ3v) is 8.46. The number of imide groups is 1. The molecule has 2 bridgehead atoms. The van der Waals surface area contributed by atoms with Crippen molar-refractivity contribution >= 4 is 40.7 Å². The average Bonchev–Trinajstić information content (AvgIpc) is 3.53. The van der Waals surface area contributed by atoms with Gasteiger partial charge >= 0.3 is 0 Å². The largest absolute Gasteiger partial charge is 0.366 e. The molecule has 2 aromatic carbocycles. The number of para-hydroxylation sites is 1. The lowest BCUT2D eigenvalue weighted by Crippen LogP contribution is -2.49. The molecule has 3 amide bonds. The second-order valence-electron chi connectivity index (χ2n) is 9.79. The maximum Gasteiger partial charge on any atom is 0.255 e. The third kappa shape index (κ3) is 3.24. The van der Waals surface area contributed by atoms with Crippen LogP contribution in [-0.4, -0.2) is 48.8 Å². The fraction of sp³-hybridized carbons (Fsp3) is 0.423. The zero-order chi connectivity index (χ0) is 23.6. The second kappa shape index (κ2) is 8.08. The number of piperazine rings is 1. The van der Waals surface area contributed by atoms with Crippen LogP contribution in [-0.2, 0) is 9.59 Å². The van der Waals surface area contributed by atoms with E-state index in [0.717, 1.165) is 19.3 Å². The normalized spacial score (nSPS) is 28.1. The molecule has 2 saturated heterocycles. The number of benzene rings is 2. The number of rotatable bonds is 3. The summed E-state index contributed by atoms with van der Waals surface area (Å²) in [5.41, 5.74) is 1.22. The van der Waals surface area contributed by atoms with Crippen LogP contribution in [0.1, 0.15) is 29.6 Å². The molecule has 2 aliphatic heterocycles. The molecule has 2 aromatic rings. The lowest BCUT2D eigenvalue weighted by molar-refractivity contribution is -0.123. The van der Waals surface area contributed by atoms with Gasteiger partial charge in [0, 0.05) is 26.2 Å². The first kappa shape index (κ1) is 21.6. The van der Waals surface area contributed by atoms with Gasteiger partial charge in [0.1, 0.15) is 5.82 Å². The highest BCUT2D eigenvalue weighted by Crippen LogP contribution is 2.56. The first-order valence-corrected chi connectivity index (χ1v) is 12.3. The summed E-state index contributed by atoms with van der Waals surface area (Å²) in [6, 6.07) is 11.4. The lowest BCUT2D eigenvalue weighted by Gasteiger charge is -2.36. The monoisotopic (exact) mass is 481 g/mol. The molecule has 8 heteroatoms. The van der Waals surface area contributed by atoms with E-state index in [9.17, 15) is 18.8 Å². The summed E-state index contributed by atoms with van der Waals surface area (Å²) in [5.74, 6) is -0.635. The summed E-state index contributed by atoms with van der Waals surface area (Å²) in [5, 5.41) is 0.282. The topological polar surface area (TPSA) is 60.9 Å². The first-order chi connectivity index (χ1) is 16.4. The zero-order valence-electron chi connectivity index (χ0n) is 18.6. The van der Waals surface area contributed by atoms with Crippen molar-refractivity contribution in [3.05, 3.63) is 58.9 Å². The van der Waals surface area contributed by atoms with E-state index in [1.165, 1.54) is 11.0 Å². The Kier molecular flexibility index (Phi) is 5.13. The van der Waals surface area contributed by atoms with Crippen LogP contribution in [0.5, 0.6) is 0 Å². The van der Waals surface area contributed by atoms with Gasteiger partial charge in [-0.05, 0) is 61.4 Å². The minimum absolute atomic E-state index is 0.138. The second-order valence-corrected chi connectivity index (χ2v) is 10.2. The van der Waals surface area contributed by atoms with E-state index in [2.05, 4.69) is 0 Å². The summed E-state index contributed by atoms with van der Waals surface area (Å²) in [6.45, 7) is 1.84. The van der Waals surface area contributed by atoms with Gasteiger partial charge in [0.2, 0.25) is 11.8 Å². The van der Waals surface area contributed by atoms with Crippen LogP contribution in [0, 0.1) is 29.5 Å². The summed E-state index contributed by atoms with van der Waals surface area (Å²) in [4.78, 5) is 44.6. The number of anilines is 2. The molecule has 0 aromatic heterocycles. The Labute approximate surface area is 202 Å². The molecule has 4 atom stereocenters. The third-order valence-electron chi connectivity index (χ3n) is 8.13. The number of carbonyl (C=O) groups excluding carboxylic acids is 3. The van der Waals surface area contributed by atoms with Crippen molar-refractivity contribution in [2.75, 3.05) is 36.0 Å². The number of fused-ring (bicyclic) bond motifs is 5. The predicted molar refractivity (Wildman–Crippen MR) is 126 cm³/mol. The Hall–Kier alpha value is -2.93. The zero-order valence-corrected chi connectivity index (χ0v) is 19.4. The molecule has 6 nitrogen and oxygen atoms in total. The Morgan fingerprint density at radius 1 is 0.912 bits per heavy atom. The molecular weight excluding hydrogens is 457 g/mol. The van der Waals surface area contributed by atoms with E-state index in [1.807, 2.05) is 4.90 Å². The number of nitrogens with zero attached hydrogens (tertiary/aromatic N) is 3. The highest BCUT2D eigenvalue weighted by molar-refractivity contribution is 6.34. The van der Waals surface area contributed by atoms with E-state index in [4.69, 9.17) is 11.6 Å². The Morgan fingerprint density at radius 3 is 2.21 bits per heavy atom. The molecule has 0 spiro atoms. The van der Waals surface area contributed by atoms with Crippen LogP contribution in [0.2, 0.25) is 5.02 Å². The molecule has 4 fully saturated rings. The lowest BCUT2D eigenvalue weighted by atomic mass is 9.81. The molecule has 2 heterocycles. The first-order valence-electron chi connectivity index (χ1n) is 11.9. The van der Waals surface area contributed by atoms with Crippen molar-refractivity contribution in [1.82, 2.24) is 4.90 Å². The molecule has 2 aliphatic carbocycles. The van der Waals surface area contributed by atoms with Crippen molar-refractivity contribution in [3.8, 4) is 0 Å².